The van der Waals surface area contributed by atoms with E-state index >= 15 is 0 Å². The zero-order valence-corrected chi connectivity index (χ0v) is 11.0. The summed E-state index contributed by atoms with van der Waals surface area (Å²) in [4.78, 5) is 10.7. The van der Waals surface area contributed by atoms with E-state index < -0.39 is 0 Å². The lowest BCUT2D eigenvalue weighted by Gasteiger charge is -2.15. The Balaban J connectivity index is 1.98. The van der Waals surface area contributed by atoms with Gasteiger partial charge in [0.1, 0.15) is 5.76 Å². The lowest BCUT2D eigenvalue weighted by Crippen LogP contribution is -2.18. The van der Waals surface area contributed by atoms with Crippen LogP contribution < -0.4 is 5.32 Å². The molecule has 0 unspecified atom stereocenters. The van der Waals surface area contributed by atoms with Crippen LogP contribution in [0.25, 0.3) is 0 Å². The minimum absolute atomic E-state index is 0.653. The lowest BCUT2D eigenvalue weighted by atomic mass is 10.2. The van der Waals surface area contributed by atoms with Crippen molar-refractivity contribution < 1.29 is 4.42 Å². The number of hydrogen-bond acceptors (Lipinski definition) is 5. The Labute approximate surface area is 107 Å². The highest BCUT2D eigenvalue weighted by Crippen LogP contribution is 2.12. The third-order valence-electron chi connectivity index (χ3n) is 2.78. The highest BCUT2D eigenvalue weighted by molar-refractivity contribution is 5.23. The topological polar surface area (TPSA) is 54.2 Å². The summed E-state index contributed by atoms with van der Waals surface area (Å²) in [5.41, 5.74) is 2.21. The number of aryl methyl sites for hydroxylation is 1. The van der Waals surface area contributed by atoms with Gasteiger partial charge in [0, 0.05) is 31.9 Å². The third-order valence-corrected chi connectivity index (χ3v) is 2.78. The van der Waals surface area contributed by atoms with E-state index in [0.717, 1.165) is 24.5 Å². The first kappa shape index (κ1) is 12.6. The minimum atomic E-state index is 0.653. The Morgan fingerprint density at radius 3 is 2.83 bits per heavy atom. The van der Waals surface area contributed by atoms with E-state index in [2.05, 4.69) is 27.2 Å². The molecule has 1 N–H and O–H groups in total. The minimum Gasteiger partial charge on any atom is -0.469 e. The summed E-state index contributed by atoms with van der Waals surface area (Å²) >= 11 is 0. The second kappa shape index (κ2) is 5.64. The van der Waals surface area contributed by atoms with Gasteiger partial charge in [0.2, 0.25) is 5.95 Å². The summed E-state index contributed by atoms with van der Waals surface area (Å²) < 4.78 is 5.29. The molecular formula is C13H18N4O. The van der Waals surface area contributed by atoms with Crippen LogP contribution in [0, 0.1) is 6.92 Å². The molecule has 2 rings (SSSR count). The smallest absolute Gasteiger partial charge is 0.222 e. The van der Waals surface area contributed by atoms with Crippen molar-refractivity contribution in [2.75, 3.05) is 19.4 Å². The Hall–Kier alpha value is -1.88. The van der Waals surface area contributed by atoms with Crippen molar-refractivity contribution >= 4 is 5.95 Å². The molecule has 0 saturated carbocycles. The zero-order chi connectivity index (χ0) is 13.0. The molecule has 0 aliphatic carbocycles. The number of nitrogens with zero attached hydrogens (tertiary/aromatic N) is 3. The van der Waals surface area contributed by atoms with Crippen molar-refractivity contribution in [2.24, 2.45) is 0 Å². The van der Waals surface area contributed by atoms with Crippen LogP contribution in [-0.2, 0) is 13.1 Å². The second-order valence-corrected chi connectivity index (χ2v) is 4.30. The van der Waals surface area contributed by atoms with E-state index in [1.165, 1.54) is 5.56 Å². The molecule has 0 amide bonds. The summed E-state index contributed by atoms with van der Waals surface area (Å²) in [5, 5.41) is 2.94. The maximum atomic E-state index is 5.29. The fourth-order valence-electron chi connectivity index (χ4n) is 1.80. The lowest BCUT2D eigenvalue weighted by molar-refractivity contribution is 0.312. The summed E-state index contributed by atoms with van der Waals surface area (Å²) in [5.74, 6) is 1.63. The van der Waals surface area contributed by atoms with E-state index in [0.29, 0.717) is 5.95 Å². The average molecular weight is 246 g/mol. The maximum Gasteiger partial charge on any atom is 0.222 e. The number of aromatic nitrogens is 2. The molecule has 0 saturated heterocycles. The van der Waals surface area contributed by atoms with Gasteiger partial charge in [-0.05, 0) is 26.1 Å². The van der Waals surface area contributed by atoms with Crippen LogP contribution in [-0.4, -0.2) is 29.0 Å². The second-order valence-electron chi connectivity index (χ2n) is 4.30. The predicted molar refractivity (Wildman–Crippen MR) is 70.2 cm³/mol. The van der Waals surface area contributed by atoms with Gasteiger partial charge in [0.05, 0.1) is 12.0 Å². The van der Waals surface area contributed by atoms with Gasteiger partial charge in [-0.25, -0.2) is 9.97 Å². The van der Waals surface area contributed by atoms with Crippen molar-refractivity contribution in [1.29, 1.82) is 0 Å². The van der Waals surface area contributed by atoms with Crippen LogP contribution in [0.5, 0.6) is 0 Å². The quantitative estimate of drug-likeness (QED) is 0.875. The standard InChI is InChI=1S/C13H18N4O/c1-10-11(5-7-18-10)8-17(3)9-12-4-6-15-13(14-2)16-12/h4-7H,8-9H2,1-3H3,(H,14,15,16). The van der Waals surface area contributed by atoms with Crippen LogP contribution in [0.4, 0.5) is 5.95 Å². The number of furan rings is 1. The van der Waals surface area contributed by atoms with E-state index in [4.69, 9.17) is 4.42 Å². The van der Waals surface area contributed by atoms with Gasteiger partial charge in [-0.1, -0.05) is 0 Å². The maximum absolute atomic E-state index is 5.29. The third kappa shape index (κ3) is 3.07. The Bertz CT molecular complexity index is 509. The highest BCUT2D eigenvalue weighted by atomic mass is 16.3. The van der Waals surface area contributed by atoms with Gasteiger partial charge in [-0.15, -0.1) is 0 Å². The predicted octanol–water partition coefficient (Wildman–Crippen LogP) is 2.05. The Morgan fingerprint density at radius 1 is 1.33 bits per heavy atom. The number of rotatable bonds is 5. The van der Waals surface area contributed by atoms with Gasteiger partial charge in [-0.3, -0.25) is 4.90 Å². The Kier molecular flexibility index (Phi) is 3.94. The molecule has 96 valence electrons. The molecule has 0 aromatic carbocycles. The SMILES string of the molecule is CNc1nccc(CN(C)Cc2ccoc2C)n1. The van der Waals surface area contributed by atoms with Crippen molar-refractivity contribution in [3.63, 3.8) is 0 Å². The van der Waals surface area contributed by atoms with Gasteiger partial charge in [0.25, 0.3) is 0 Å². The van der Waals surface area contributed by atoms with Crippen LogP contribution in [0.15, 0.2) is 29.0 Å². The molecule has 0 spiro atoms. The first-order valence-electron chi connectivity index (χ1n) is 5.90. The average Bonchev–Trinajstić information content (AvgIpc) is 2.75. The number of anilines is 1. The molecule has 0 radical (unpaired) electrons. The van der Waals surface area contributed by atoms with Gasteiger partial charge >= 0.3 is 0 Å². The van der Waals surface area contributed by atoms with Crippen molar-refractivity contribution in [3.8, 4) is 0 Å². The van der Waals surface area contributed by atoms with Crippen LogP contribution >= 0.6 is 0 Å². The molecule has 2 aromatic heterocycles. The summed E-state index contributed by atoms with van der Waals surface area (Å²) in [6, 6.07) is 3.93. The summed E-state index contributed by atoms with van der Waals surface area (Å²) in [6.07, 6.45) is 3.49. The summed E-state index contributed by atoms with van der Waals surface area (Å²) in [6.45, 7) is 3.61. The molecule has 0 atom stereocenters. The van der Waals surface area contributed by atoms with E-state index in [9.17, 15) is 0 Å². The molecule has 2 aromatic rings. The van der Waals surface area contributed by atoms with Crippen molar-refractivity contribution in [1.82, 2.24) is 14.9 Å². The molecular weight excluding hydrogens is 228 g/mol. The molecule has 18 heavy (non-hydrogen) atoms. The molecule has 0 aliphatic heterocycles. The van der Waals surface area contributed by atoms with Crippen molar-refractivity contribution in [3.05, 3.63) is 41.6 Å². The fourth-order valence-corrected chi connectivity index (χ4v) is 1.80. The van der Waals surface area contributed by atoms with Crippen LogP contribution in [0.1, 0.15) is 17.0 Å². The van der Waals surface area contributed by atoms with Gasteiger partial charge in [-0.2, -0.15) is 0 Å². The largest absolute Gasteiger partial charge is 0.469 e. The van der Waals surface area contributed by atoms with E-state index in [1.54, 1.807) is 12.5 Å². The molecule has 0 bridgehead atoms. The van der Waals surface area contributed by atoms with Crippen molar-refractivity contribution in [2.45, 2.75) is 20.0 Å². The molecule has 0 aliphatic rings. The Morgan fingerprint density at radius 2 is 2.17 bits per heavy atom. The normalized spacial score (nSPS) is 10.9. The number of nitrogens with one attached hydrogen (secondary N) is 1. The van der Waals surface area contributed by atoms with Crippen LogP contribution in [0.2, 0.25) is 0 Å². The molecule has 5 nitrogen and oxygen atoms in total. The van der Waals surface area contributed by atoms with Gasteiger partial charge < -0.3 is 9.73 Å². The first-order chi connectivity index (χ1) is 8.69. The molecule has 0 fully saturated rings. The van der Waals surface area contributed by atoms with E-state index in [1.807, 2.05) is 26.1 Å². The molecule has 2 heterocycles. The van der Waals surface area contributed by atoms with Gasteiger partial charge in [0.15, 0.2) is 0 Å². The fraction of sp³-hybridized carbons (Fsp3) is 0.385. The molecule has 5 heteroatoms. The zero-order valence-electron chi connectivity index (χ0n) is 11.0. The highest BCUT2D eigenvalue weighted by Gasteiger charge is 2.07. The first-order valence-corrected chi connectivity index (χ1v) is 5.90. The van der Waals surface area contributed by atoms with E-state index in [-0.39, 0.29) is 0 Å². The number of hydrogen-bond donors (Lipinski definition) is 1. The summed E-state index contributed by atoms with van der Waals surface area (Å²) in [7, 11) is 3.88. The monoisotopic (exact) mass is 246 g/mol. The van der Waals surface area contributed by atoms with Crippen LogP contribution in [0.3, 0.4) is 0 Å².